The number of anilines is 1. The van der Waals surface area contributed by atoms with Gasteiger partial charge in [-0.2, -0.15) is 0 Å². The fourth-order valence-electron chi connectivity index (χ4n) is 5.40. The van der Waals surface area contributed by atoms with Crippen LogP contribution in [0.3, 0.4) is 0 Å². The average Bonchev–Trinajstić information content (AvgIpc) is 3.10. The highest BCUT2D eigenvalue weighted by Gasteiger charge is 2.56. The fraction of sp³-hybridized carbons (Fsp3) is 0.231. The Labute approximate surface area is 185 Å². The fourth-order valence-corrected chi connectivity index (χ4v) is 5.40. The van der Waals surface area contributed by atoms with E-state index in [1.165, 1.54) is 29.2 Å². The minimum Gasteiger partial charge on any atom is -0.274 e. The van der Waals surface area contributed by atoms with Gasteiger partial charge in [-0.25, -0.2) is 0 Å². The molecule has 0 spiro atoms. The predicted octanol–water partition coefficient (Wildman–Crippen LogP) is 5.06. The summed E-state index contributed by atoms with van der Waals surface area (Å²) in [7, 11) is 0. The van der Waals surface area contributed by atoms with Crippen molar-refractivity contribution in [2.45, 2.75) is 24.7 Å². The van der Waals surface area contributed by atoms with Gasteiger partial charge in [0.25, 0.3) is 5.69 Å². The van der Waals surface area contributed by atoms with E-state index in [0.717, 1.165) is 24.0 Å². The van der Waals surface area contributed by atoms with Crippen molar-refractivity contribution in [3.8, 4) is 0 Å². The maximum Gasteiger partial charge on any atom is 0.269 e. The molecule has 3 aromatic carbocycles. The number of imide groups is 1. The van der Waals surface area contributed by atoms with Gasteiger partial charge in [-0.1, -0.05) is 60.7 Å². The number of carbonyl (C=O) groups is 2. The van der Waals surface area contributed by atoms with Crippen molar-refractivity contribution in [3.05, 3.63) is 106 Å². The molecule has 6 nitrogen and oxygen atoms in total. The number of rotatable bonds is 4. The lowest BCUT2D eigenvalue weighted by Gasteiger charge is -2.37. The Morgan fingerprint density at radius 2 is 1.12 bits per heavy atom. The van der Waals surface area contributed by atoms with Crippen molar-refractivity contribution in [2.75, 3.05) is 4.90 Å². The zero-order valence-electron chi connectivity index (χ0n) is 17.3. The van der Waals surface area contributed by atoms with Crippen LogP contribution in [0.2, 0.25) is 0 Å². The number of nitro groups is 1. The maximum absolute atomic E-state index is 13.7. The highest BCUT2D eigenvalue weighted by molar-refractivity contribution is 6.22. The summed E-state index contributed by atoms with van der Waals surface area (Å²) >= 11 is 0. The van der Waals surface area contributed by atoms with Crippen LogP contribution in [0.1, 0.15) is 35.8 Å². The third-order valence-electron chi connectivity index (χ3n) is 6.83. The van der Waals surface area contributed by atoms with Crippen molar-refractivity contribution in [2.24, 2.45) is 11.8 Å². The first-order chi connectivity index (χ1) is 15.6. The molecule has 6 heteroatoms. The van der Waals surface area contributed by atoms with E-state index in [1.54, 1.807) is 0 Å². The largest absolute Gasteiger partial charge is 0.274 e. The lowest BCUT2D eigenvalue weighted by Crippen LogP contribution is -2.34. The number of nitrogens with zero attached hydrogens (tertiary/aromatic N) is 2. The summed E-state index contributed by atoms with van der Waals surface area (Å²) in [5.41, 5.74) is 2.45. The minimum absolute atomic E-state index is 0.0411. The van der Waals surface area contributed by atoms with Crippen molar-refractivity contribution < 1.29 is 14.5 Å². The smallest absolute Gasteiger partial charge is 0.269 e. The van der Waals surface area contributed by atoms with Crippen LogP contribution < -0.4 is 4.90 Å². The van der Waals surface area contributed by atoms with E-state index in [2.05, 4.69) is 0 Å². The number of fused-ring (bicyclic) bond motifs is 1. The van der Waals surface area contributed by atoms with E-state index in [9.17, 15) is 19.7 Å². The first-order valence-electron chi connectivity index (χ1n) is 10.8. The third-order valence-corrected chi connectivity index (χ3v) is 6.83. The highest BCUT2D eigenvalue weighted by Crippen LogP contribution is 2.53. The number of benzene rings is 3. The van der Waals surface area contributed by atoms with Gasteiger partial charge in [0.15, 0.2) is 0 Å². The standard InChI is InChI=1S/C26H22N2O4/c29-25-23-21(17-7-3-1-4-8-17)15-16-22(18-9-5-2-6-10-18)24(23)26(30)27(25)19-11-13-20(14-12-19)28(31)32/h1-14,21-24H,15-16H2/t21-,22-,23+,24+/m0/s1. The summed E-state index contributed by atoms with van der Waals surface area (Å²) in [6.07, 6.45) is 1.63. The normalized spacial score (nSPS) is 24.9. The Hall–Kier alpha value is -3.80. The Morgan fingerprint density at radius 1 is 0.688 bits per heavy atom. The first-order valence-corrected chi connectivity index (χ1v) is 10.8. The average molecular weight is 426 g/mol. The molecule has 0 N–H and O–H groups in total. The Morgan fingerprint density at radius 3 is 1.53 bits per heavy atom. The molecule has 1 aliphatic carbocycles. The first kappa shape index (κ1) is 20.1. The van der Waals surface area contributed by atoms with Crippen molar-refractivity contribution in [3.63, 3.8) is 0 Å². The monoisotopic (exact) mass is 426 g/mol. The lowest BCUT2D eigenvalue weighted by atomic mass is 9.64. The number of nitro benzene ring substituents is 1. The quantitative estimate of drug-likeness (QED) is 0.332. The molecule has 3 aromatic rings. The second kappa shape index (κ2) is 8.04. The van der Waals surface area contributed by atoms with Gasteiger partial charge in [-0.3, -0.25) is 24.6 Å². The summed E-state index contributed by atoms with van der Waals surface area (Å²) < 4.78 is 0. The molecule has 0 radical (unpaired) electrons. The van der Waals surface area contributed by atoms with Gasteiger partial charge in [0.2, 0.25) is 11.8 Å². The van der Waals surface area contributed by atoms with Crippen molar-refractivity contribution in [1.29, 1.82) is 0 Å². The topological polar surface area (TPSA) is 80.5 Å². The van der Waals surface area contributed by atoms with Gasteiger partial charge in [-0.15, -0.1) is 0 Å². The summed E-state index contributed by atoms with van der Waals surface area (Å²) in [5.74, 6) is -1.44. The summed E-state index contributed by atoms with van der Waals surface area (Å²) in [5, 5.41) is 11.0. The van der Waals surface area contributed by atoms with Crippen LogP contribution in [0.25, 0.3) is 0 Å². The van der Waals surface area contributed by atoms with Crippen LogP contribution in [0.5, 0.6) is 0 Å². The second-order valence-electron chi connectivity index (χ2n) is 8.45. The molecule has 2 aliphatic rings. The third kappa shape index (κ3) is 3.28. The number of hydrogen-bond acceptors (Lipinski definition) is 4. The molecule has 1 saturated carbocycles. The van der Waals surface area contributed by atoms with Gasteiger partial charge >= 0.3 is 0 Å². The predicted molar refractivity (Wildman–Crippen MR) is 120 cm³/mol. The molecule has 5 rings (SSSR count). The molecular formula is C26H22N2O4. The zero-order valence-corrected chi connectivity index (χ0v) is 17.3. The molecular weight excluding hydrogens is 404 g/mol. The van der Waals surface area contributed by atoms with Crippen molar-refractivity contribution >= 4 is 23.2 Å². The number of hydrogen-bond donors (Lipinski definition) is 0. The maximum atomic E-state index is 13.7. The second-order valence-corrected chi connectivity index (χ2v) is 8.45. The van der Waals surface area contributed by atoms with E-state index in [-0.39, 0.29) is 29.3 Å². The van der Waals surface area contributed by atoms with E-state index in [4.69, 9.17) is 0 Å². The Bertz CT molecular complexity index is 1100. The molecule has 1 saturated heterocycles. The van der Waals surface area contributed by atoms with Crippen LogP contribution in [0.15, 0.2) is 84.9 Å². The summed E-state index contributed by atoms with van der Waals surface area (Å²) in [6.45, 7) is 0. The Kier molecular flexibility index (Phi) is 5.05. The van der Waals surface area contributed by atoms with Gasteiger partial charge in [0.05, 0.1) is 22.4 Å². The lowest BCUT2D eigenvalue weighted by molar-refractivity contribution is -0.384. The molecule has 32 heavy (non-hydrogen) atoms. The summed E-state index contributed by atoms with van der Waals surface area (Å²) in [4.78, 5) is 39.2. The SMILES string of the molecule is O=C1[C@H]2[C@H](C(=O)N1c1ccc([N+](=O)[O-])cc1)[C@H](c1ccccc1)CC[C@H]2c1ccccc1. The van der Waals surface area contributed by atoms with E-state index >= 15 is 0 Å². The molecule has 2 fully saturated rings. The Balaban J connectivity index is 1.57. The van der Waals surface area contributed by atoms with E-state index in [0.29, 0.717) is 5.69 Å². The van der Waals surface area contributed by atoms with Gasteiger partial charge in [-0.05, 0) is 47.9 Å². The molecule has 0 unspecified atom stereocenters. The molecule has 1 heterocycles. The number of non-ortho nitro benzene ring substituents is 1. The zero-order chi connectivity index (χ0) is 22.2. The molecule has 0 aromatic heterocycles. The molecule has 1 aliphatic heterocycles. The van der Waals surface area contributed by atoms with Crippen LogP contribution in [0, 0.1) is 22.0 Å². The van der Waals surface area contributed by atoms with E-state index in [1.807, 2.05) is 60.7 Å². The van der Waals surface area contributed by atoms with Crippen LogP contribution >= 0.6 is 0 Å². The summed E-state index contributed by atoms with van der Waals surface area (Å²) in [6, 6.07) is 25.5. The van der Waals surface area contributed by atoms with Crippen LogP contribution in [-0.2, 0) is 9.59 Å². The van der Waals surface area contributed by atoms with Gasteiger partial charge < -0.3 is 0 Å². The van der Waals surface area contributed by atoms with Gasteiger partial charge in [0, 0.05) is 12.1 Å². The molecule has 160 valence electrons. The minimum atomic E-state index is -0.492. The number of carbonyl (C=O) groups excluding carboxylic acids is 2. The molecule has 0 bridgehead atoms. The molecule has 2 amide bonds. The molecule has 4 atom stereocenters. The van der Waals surface area contributed by atoms with Crippen LogP contribution in [-0.4, -0.2) is 16.7 Å². The highest BCUT2D eigenvalue weighted by atomic mass is 16.6. The van der Waals surface area contributed by atoms with E-state index < -0.39 is 16.8 Å². The van der Waals surface area contributed by atoms with Crippen molar-refractivity contribution in [1.82, 2.24) is 0 Å². The van der Waals surface area contributed by atoms with Gasteiger partial charge in [0.1, 0.15) is 0 Å². The number of amides is 2. The van der Waals surface area contributed by atoms with Crippen LogP contribution in [0.4, 0.5) is 11.4 Å².